The van der Waals surface area contributed by atoms with Crippen LogP contribution in [0.5, 0.6) is 0 Å². The predicted octanol–water partition coefficient (Wildman–Crippen LogP) is 0.889. The number of rotatable bonds is 4. The fourth-order valence-electron chi connectivity index (χ4n) is 2.16. The number of hydrogen-bond acceptors (Lipinski definition) is 8. The topological polar surface area (TPSA) is 88.1 Å². The third-order valence-electron chi connectivity index (χ3n) is 2.87. The Morgan fingerprint density at radius 3 is 1.67 bits per heavy atom. The Kier molecular flexibility index (Phi) is 6.47. The Hall–Kier alpha value is -1.28. The largest absolute Gasteiger partial charge is 0.457 e. The molecule has 0 saturated carbocycles. The van der Waals surface area contributed by atoms with Crippen LogP contribution in [0.4, 0.5) is 0 Å². The van der Waals surface area contributed by atoms with Gasteiger partial charge in [0.2, 0.25) is 0 Å². The lowest BCUT2D eigenvalue weighted by Gasteiger charge is -2.42. The summed E-state index contributed by atoms with van der Waals surface area (Å²) >= 11 is 1.35. The van der Waals surface area contributed by atoms with Gasteiger partial charge in [-0.2, -0.15) is 0 Å². The molecule has 1 heterocycles. The molecule has 0 bridgehead atoms. The van der Waals surface area contributed by atoms with Crippen LogP contribution in [0.1, 0.15) is 27.7 Å². The van der Waals surface area contributed by atoms with Crippen LogP contribution in [0.15, 0.2) is 0 Å². The fourth-order valence-corrected chi connectivity index (χ4v) is 3.42. The summed E-state index contributed by atoms with van der Waals surface area (Å²) in [5.74, 6) is -1.58. The van der Waals surface area contributed by atoms with Crippen molar-refractivity contribution in [3.05, 3.63) is 0 Å². The molecular weight excluding hydrogens is 300 g/mol. The number of thioether (sulfide) groups is 1. The summed E-state index contributed by atoms with van der Waals surface area (Å²) in [7, 11) is 1.47. The maximum absolute atomic E-state index is 11.3. The van der Waals surface area contributed by atoms with Crippen molar-refractivity contribution in [1.82, 2.24) is 0 Å². The van der Waals surface area contributed by atoms with Gasteiger partial charge in [0.15, 0.2) is 18.3 Å². The highest BCUT2D eigenvalue weighted by molar-refractivity contribution is 8.00. The van der Waals surface area contributed by atoms with Gasteiger partial charge in [-0.15, -0.1) is 11.8 Å². The highest BCUT2D eigenvalue weighted by atomic mass is 32.2. The Bertz CT molecular complexity index is 411. The monoisotopic (exact) mass is 320 g/mol. The average molecular weight is 320 g/mol. The van der Waals surface area contributed by atoms with E-state index < -0.39 is 41.7 Å². The molecular formula is C13H20O7S. The Morgan fingerprint density at radius 1 is 0.810 bits per heavy atom. The van der Waals surface area contributed by atoms with Crippen molar-refractivity contribution in [2.45, 2.75) is 56.7 Å². The van der Waals surface area contributed by atoms with Crippen molar-refractivity contribution in [3.63, 3.8) is 0 Å². The molecule has 120 valence electrons. The molecule has 0 radical (unpaired) electrons. The Balaban J connectivity index is 3.08. The molecule has 0 spiro atoms. The second-order valence-electron chi connectivity index (χ2n) is 4.67. The van der Waals surface area contributed by atoms with E-state index in [4.69, 9.17) is 18.9 Å². The molecule has 0 aromatic rings. The number of carbonyl (C=O) groups is 3. The molecule has 0 N–H and O–H groups in total. The van der Waals surface area contributed by atoms with Crippen LogP contribution in [-0.2, 0) is 33.3 Å². The third kappa shape index (κ3) is 4.89. The van der Waals surface area contributed by atoms with Gasteiger partial charge in [0.25, 0.3) is 0 Å². The van der Waals surface area contributed by atoms with Crippen LogP contribution in [0.25, 0.3) is 0 Å². The number of ether oxygens (including phenoxy) is 4. The zero-order valence-electron chi connectivity index (χ0n) is 12.7. The van der Waals surface area contributed by atoms with E-state index in [0.29, 0.717) is 0 Å². The van der Waals surface area contributed by atoms with Crippen LogP contribution in [-0.4, -0.2) is 54.0 Å². The second kappa shape index (κ2) is 7.65. The van der Waals surface area contributed by atoms with Crippen molar-refractivity contribution in [2.24, 2.45) is 0 Å². The fraction of sp³-hybridized carbons (Fsp3) is 0.769. The summed E-state index contributed by atoms with van der Waals surface area (Å²) in [4.78, 5) is 33.9. The first-order valence-electron chi connectivity index (χ1n) is 6.46. The van der Waals surface area contributed by atoms with Crippen LogP contribution in [0, 0.1) is 0 Å². The smallest absolute Gasteiger partial charge is 0.303 e. The van der Waals surface area contributed by atoms with E-state index in [-0.39, 0.29) is 5.25 Å². The van der Waals surface area contributed by atoms with Gasteiger partial charge < -0.3 is 18.9 Å². The molecule has 21 heavy (non-hydrogen) atoms. The van der Waals surface area contributed by atoms with Crippen LogP contribution < -0.4 is 0 Å². The summed E-state index contributed by atoms with van der Waals surface area (Å²) in [5, 5.41) is -0.185. The van der Waals surface area contributed by atoms with Crippen LogP contribution >= 0.6 is 11.8 Å². The number of hydrogen-bond donors (Lipinski definition) is 0. The first-order chi connectivity index (χ1) is 9.76. The molecule has 5 unspecified atom stereocenters. The minimum atomic E-state index is -0.906. The maximum atomic E-state index is 11.3. The van der Waals surface area contributed by atoms with E-state index in [1.807, 2.05) is 6.92 Å². The zero-order chi connectivity index (χ0) is 16.2. The molecule has 8 heteroatoms. The van der Waals surface area contributed by atoms with Gasteiger partial charge in [-0.3, -0.25) is 14.4 Å². The molecule has 5 atom stereocenters. The van der Waals surface area contributed by atoms with Gasteiger partial charge in [0, 0.05) is 33.1 Å². The first kappa shape index (κ1) is 17.8. The number of esters is 3. The summed E-state index contributed by atoms with van der Waals surface area (Å²) in [6.45, 7) is 5.58. The van der Waals surface area contributed by atoms with Gasteiger partial charge in [0.1, 0.15) is 5.44 Å². The van der Waals surface area contributed by atoms with Crippen molar-refractivity contribution in [3.8, 4) is 0 Å². The first-order valence-corrected chi connectivity index (χ1v) is 7.40. The van der Waals surface area contributed by atoms with Gasteiger partial charge in [-0.05, 0) is 6.92 Å². The second-order valence-corrected chi connectivity index (χ2v) is 6.15. The molecule has 1 fully saturated rings. The summed E-state index contributed by atoms with van der Waals surface area (Å²) in [5.41, 5.74) is -0.514. The minimum Gasteiger partial charge on any atom is -0.457 e. The molecule has 0 amide bonds. The van der Waals surface area contributed by atoms with Gasteiger partial charge in [-0.25, -0.2) is 0 Å². The van der Waals surface area contributed by atoms with E-state index in [9.17, 15) is 14.4 Å². The molecule has 0 aromatic heterocycles. The molecule has 1 saturated heterocycles. The highest BCUT2D eigenvalue weighted by Gasteiger charge is 2.50. The van der Waals surface area contributed by atoms with Crippen molar-refractivity contribution >= 4 is 29.7 Å². The van der Waals surface area contributed by atoms with Crippen molar-refractivity contribution in [2.75, 3.05) is 7.11 Å². The standard InChI is InChI=1S/C13H20O7S/c1-6-10(18-7(2)14)11(19-8(3)15)12(20-9(4)16)13(17-5)21-6/h6,10-13H,1-5H3. The summed E-state index contributed by atoms with van der Waals surface area (Å²) in [6.07, 6.45) is -2.47. The maximum Gasteiger partial charge on any atom is 0.303 e. The van der Waals surface area contributed by atoms with E-state index in [2.05, 4.69) is 0 Å². The third-order valence-corrected chi connectivity index (χ3v) is 4.29. The summed E-state index contributed by atoms with van der Waals surface area (Å²) in [6, 6.07) is 0. The van der Waals surface area contributed by atoms with Crippen molar-refractivity contribution in [1.29, 1.82) is 0 Å². The van der Waals surface area contributed by atoms with Crippen LogP contribution in [0.2, 0.25) is 0 Å². The number of methoxy groups -OCH3 is 1. The molecule has 7 nitrogen and oxygen atoms in total. The Morgan fingerprint density at radius 2 is 1.24 bits per heavy atom. The van der Waals surface area contributed by atoms with Crippen LogP contribution in [0.3, 0.4) is 0 Å². The average Bonchev–Trinajstić information content (AvgIpc) is 2.35. The zero-order valence-corrected chi connectivity index (χ0v) is 13.5. The van der Waals surface area contributed by atoms with E-state index >= 15 is 0 Å². The molecule has 0 aliphatic carbocycles. The van der Waals surface area contributed by atoms with Crippen molar-refractivity contribution < 1.29 is 33.3 Å². The van der Waals surface area contributed by atoms with E-state index in [0.717, 1.165) is 0 Å². The highest BCUT2D eigenvalue weighted by Crippen LogP contribution is 2.37. The minimum absolute atomic E-state index is 0.185. The van der Waals surface area contributed by atoms with Gasteiger partial charge in [0.05, 0.1) is 0 Å². The van der Waals surface area contributed by atoms with E-state index in [1.54, 1.807) is 0 Å². The predicted molar refractivity (Wildman–Crippen MR) is 74.5 cm³/mol. The molecule has 1 aliphatic heterocycles. The lowest BCUT2D eigenvalue weighted by molar-refractivity contribution is -0.191. The lowest BCUT2D eigenvalue weighted by atomic mass is 10.0. The number of carbonyl (C=O) groups excluding carboxylic acids is 3. The van der Waals surface area contributed by atoms with Gasteiger partial charge >= 0.3 is 17.9 Å². The Labute approximate surface area is 127 Å². The summed E-state index contributed by atoms with van der Waals surface area (Å²) < 4.78 is 21.0. The molecule has 1 rings (SSSR count). The SMILES string of the molecule is COC1SC(C)C(OC(C)=O)C(OC(C)=O)C1OC(C)=O. The normalized spacial score (nSPS) is 32.1. The van der Waals surface area contributed by atoms with E-state index in [1.165, 1.54) is 39.6 Å². The molecule has 1 aliphatic rings. The van der Waals surface area contributed by atoms with Gasteiger partial charge in [-0.1, -0.05) is 0 Å². The molecule has 0 aromatic carbocycles. The quantitative estimate of drug-likeness (QED) is 0.557. The lowest BCUT2D eigenvalue weighted by Crippen LogP contribution is -2.57.